The normalized spacial score (nSPS) is 22.8. The van der Waals surface area contributed by atoms with Crippen molar-refractivity contribution in [3.8, 4) is 0 Å². The van der Waals surface area contributed by atoms with Gasteiger partial charge in [-0.05, 0) is 36.5 Å². The molecular weight excluding hydrogens is 252 g/mol. The number of amides is 1. The van der Waals surface area contributed by atoms with E-state index in [9.17, 15) is 4.79 Å². The van der Waals surface area contributed by atoms with Gasteiger partial charge in [0.05, 0.1) is 6.10 Å². The van der Waals surface area contributed by atoms with Crippen LogP contribution in [0.5, 0.6) is 0 Å². The molecule has 1 aliphatic heterocycles. The third-order valence-corrected chi connectivity index (χ3v) is 3.85. The summed E-state index contributed by atoms with van der Waals surface area (Å²) in [6.07, 6.45) is 2.02. The lowest BCUT2D eigenvalue weighted by Gasteiger charge is -2.32. The Labute approximate surface area is 120 Å². The molecular formula is C16H24N2O2. The molecule has 110 valence electrons. The second-order valence-electron chi connectivity index (χ2n) is 5.75. The van der Waals surface area contributed by atoms with Gasteiger partial charge in [-0.1, -0.05) is 26.0 Å². The molecule has 0 aromatic heterocycles. The molecule has 4 heteroatoms. The fourth-order valence-electron chi connectivity index (χ4n) is 2.48. The van der Waals surface area contributed by atoms with Crippen molar-refractivity contribution in [1.82, 2.24) is 5.32 Å². The first-order valence-corrected chi connectivity index (χ1v) is 7.31. The van der Waals surface area contributed by atoms with E-state index in [1.165, 1.54) is 0 Å². The summed E-state index contributed by atoms with van der Waals surface area (Å²) in [6.45, 7) is 5.53. The first-order chi connectivity index (χ1) is 9.60. The Morgan fingerprint density at radius 1 is 1.40 bits per heavy atom. The van der Waals surface area contributed by atoms with Gasteiger partial charge in [0.2, 0.25) is 0 Å². The van der Waals surface area contributed by atoms with Gasteiger partial charge in [0.25, 0.3) is 5.91 Å². The molecule has 4 nitrogen and oxygen atoms in total. The van der Waals surface area contributed by atoms with E-state index in [4.69, 9.17) is 10.5 Å². The van der Waals surface area contributed by atoms with Gasteiger partial charge in [0.15, 0.2) is 0 Å². The largest absolute Gasteiger partial charge is 0.378 e. The predicted octanol–water partition coefficient (Wildman–Crippen LogP) is 2.08. The van der Waals surface area contributed by atoms with Crippen LogP contribution in [0.15, 0.2) is 24.3 Å². The van der Waals surface area contributed by atoms with Crippen LogP contribution in [0.25, 0.3) is 0 Å². The van der Waals surface area contributed by atoms with Gasteiger partial charge < -0.3 is 15.8 Å². The summed E-state index contributed by atoms with van der Waals surface area (Å²) in [5.41, 5.74) is 7.28. The molecule has 0 aliphatic carbocycles. The maximum Gasteiger partial charge on any atom is 0.251 e. The van der Waals surface area contributed by atoms with E-state index in [0.29, 0.717) is 18.0 Å². The molecule has 0 radical (unpaired) electrons. The average Bonchev–Trinajstić information content (AvgIpc) is 2.47. The molecule has 20 heavy (non-hydrogen) atoms. The lowest BCUT2D eigenvalue weighted by Crippen LogP contribution is -2.43. The average molecular weight is 276 g/mol. The van der Waals surface area contributed by atoms with Crippen LogP contribution < -0.4 is 11.1 Å². The van der Waals surface area contributed by atoms with Crippen molar-refractivity contribution in [3.05, 3.63) is 35.4 Å². The molecule has 1 aromatic rings. The number of hydrogen-bond acceptors (Lipinski definition) is 3. The Bertz CT molecular complexity index is 442. The minimum absolute atomic E-state index is 0.0111. The summed E-state index contributed by atoms with van der Waals surface area (Å²) in [4.78, 5) is 12.2. The summed E-state index contributed by atoms with van der Waals surface area (Å²) in [5, 5.41) is 3.11. The van der Waals surface area contributed by atoms with Crippen molar-refractivity contribution >= 4 is 5.91 Å². The Hall–Kier alpha value is -1.39. The summed E-state index contributed by atoms with van der Waals surface area (Å²) < 4.78 is 5.72. The van der Waals surface area contributed by atoms with E-state index < -0.39 is 0 Å². The summed E-state index contributed by atoms with van der Waals surface area (Å²) >= 11 is 0. The van der Waals surface area contributed by atoms with Gasteiger partial charge in [0, 0.05) is 24.8 Å². The minimum Gasteiger partial charge on any atom is -0.378 e. The fourth-order valence-corrected chi connectivity index (χ4v) is 2.48. The zero-order chi connectivity index (χ0) is 14.5. The lowest BCUT2D eigenvalue weighted by atomic mass is 9.95. The van der Waals surface area contributed by atoms with Crippen LogP contribution in [-0.4, -0.2) is 24.7 Å². The molecule has 2 atom stereocenters. The first kappa shape index (κ1) is 15.0. The smallest absolute Gasteiger partial charge is 0.251 e. The van der Waals surface area contributed by atoms with Crippen LogP contribution in [0.3, 0.4) is 0 Å². The SMILES string of the molecule is CC(C)C1CC(NC(=O)c2ccc(CN)cc2)CCO1. The van der Waals surface area contributed by atoms with Crippen LogP contribution in [-0.2, 0) is 11.3 Å². The van der Waals surface area contributed by atoms with Gasteiger partial charge in [-0.3, -0.25) is 4.79 Å². The quantitative estimate of drug-likeness (QED) is 0.885. The molecule has 2 rings (SSSR count). The number of nitrogens with one attached hydrogen (secondary N) is 1. The van der Waals surface area contributed by atoms with Crippen LogP contribution in [0.4, 0.5) is 0 Å². The van der Waals surface area contributed by atoms with Gasteiger partial charge in [0.1, 0.15) is 0 Å². The first-order valence-electron chi connectivity index (χ1n) is 7.31. The van der Waals surface area contributed by atoms with Crippen LogP contribution in [0.2, 0.25) is 0 Å². The maximum absolute atomic E-state index is 12.2. The van der Waals surface area contributed by atoms with E-state index in [1.807, 2.05) is 24.3 Å². The highest BCUT2D eigenvalue weighted by Crippen LogP contribution is 2.20. The molecule has 3 N–H and O–H groups in total. The Morgan fingerprint density at radius 3 is 2.70 bits per heavy atom. The van der Waals surface area contributed by atoms with Crippen molar-refractivity contribution in [2.24, 2.45) is 11.7 Å². The van der Waals surface area contributed by atoms with Gasteiger partial charge in [-0.2, -0.15) is 0 Å². The van der Waals surface area contributed by atoms with E-state index >= 15 is 0 Å². The molecule has 1 aromatic carbocycles. The third kappa shape index (κ3) is 3.81. The van der Waals surface area contributed by atoms with E-state index in [2.05, 4.69) is 19.2 Å². The number of ether oxygens (including phenoxy) is 1. The molecule has 1 fully saturated rings. The number of hydrogen-bond donors (Lipinski definition) is 2. The summed E-state index contributed by atoms with van der Waals surface area (Å²) in [6, 6.07) is 7.66. The molecule has 0 bridgehead atoms. The van der Waals surface area contributed by atoms with Crippen molar-refractivity contribution < 1.29 is 9.53 Å². The van der Waals surface area contributed by atoms with Gasteiger partial charge in [-0.15, -0.1) is 0 Å². The third-order valence-electron chi connectivity index (χ3n) is 3.85. The molecule has 1 aliphatic rings. The molecule has 2 unspecified atom stereocenters. The highest BCUT2D eigenvalue weighted by molar-refractivity contribution is 5.94. The number of nitrogens with two attached hydrogens (primary N) is 1. The lowest BCUT2D eigenvalue weighted by molar-refractivity contribution is -0.0233. The van der Waals surface area contributed by atoms with Crippen LogP contribution in [0, 0.1) is 5.92 Å². The van der Waals surface area contributed by atoms with Crippen molar-refractivity contribution in [2.75, 3.05) is 6.61 Å². The zero-order valence-corrected chi connectivity index (χ0v) is 12.3. The van der Waals surface area contributed by atoms with E-state index in [-0.39, 0.29) is 18.1 Å². The number of rotatable bonds is 4. The van der Waals surface area contributed by atoms with E-state index in [0.717, 1.165) is 25.0 Å². The maximum atomic E-state index is 12.2. The highest BCUT2D eigenvalue weighted by Gasteiger charge is 2.26. The van der Waals surface area contributed by atoms with Crippen molar-refractivity contribution in [1.29, 1.82) is 0 Å². The molecule has 0 spiro atoms. The summed E-state index contributed by atoms with van der Waals surface area (Å²) in [7, 11) is 0. The second kappa shape index (κ2) is 6.86. The number of carbonyl (C=O) groups excluding carboxylic acids is 1. The molecule has 1 amide bonds. The zero-order valence-electron chi connectivity index (χ0n) is 12.3. The molecule has 1 heterocycles. The van der Waals surface area contributed by atoms with E-state index in [1.54, 1.807) is 0 Å². The minimum atomic E-state index is -0.0111. The van der Waals surface area contributed by atoms with Crippen molar-refractivity contribution in [3.63, 3.8) is 0 Å². The number of benzene rings is 1. The van der Waals surface area contributed by atoms with Gasteiger partial charge in [-0.25, -0.2) is 0 Å². The second-order valence-corrected chi connectivity index (χ2v) is 5.75. The van der Waals surface area contributed by atoms with Gasteiger partial charge >= 0.3 is 0 Å². The van der Waals surface area contributed by atoms with Crippen molar-refractivity contribution in [2.45, 2.75) is 45.4 Å². The number of carbonyl (C=O) groups is 1. The van der Waals surface area contributed by atoms with Crippen LogP contribution in [0.1, 0.15) is 42.6 Å². The topological polar surface area (TPSA) is 64.4 Å². The monoisotopic (exact) mass is 276 g/mol. The highest BCUT2D eigenvalue weighted by atomic mass is 16.5. The Morgan fingerprint density at radius 2 is 2.10 bits per heavy atom. The van der Waals surface area contributed by atoms with Crippen LogP contribution >= 0.6 is 0 Å². The Kier molecular flexibility index (Phi) is 5.15. The Balaban J connectivity index is 1.93. The predicted molar refractivity (Wildman–Crippen MR) is 79.4 cm³/mol. The standard InChI is InChI=1S/C16H24N2O2/c1-11(2)15-9-14(7-8-20-15)18-16(19)13-5-3-12(10-17)4-6-13/h3-6,11,14-15H,7-10,17H2,1-2H3,(H,18,19). The molecule has 0 saturated carbocycles. The fraction of sp³-hybridized carbons (Fsp3) is 0.562. The summed E-state index contributed by atoms with van der Waals surface area (Å²) in [5.74, 6) is 0.474. The molecule has 1 saturated heterocycles.